The molecule has 0 aliphatic heterocycles. The van der Waals surface area contributed by atoms with Crippen LogP contribution < -0.4 is 5.32 Å². The van der Waals surface area contributed by atoms with Gasteiger partial charge >= 0.3 is 5.97 Å². The molecule has 2 rings (SSSR count). The summed E-state index contributed by atoms with van der Waals surface area (Å²) in [5.41, 5.74) is 2.36. The number of nitrogens with zero attached hydrogens (tertiary/aromatic N) is 2. The molecule has 0 spiro atoms. The lowest BCUT2D eigenvalue weighted by atomic mass is 10.0. The highest BCUT2D eigenvalue weighted by molar-refractivity contribution is 5.92. The van der Waals surface area contributed by atoms with Gasteiger partial charge in [-0.1, -0.05) is 24.3 Å². The molecule has 1 atom stereocenters. The van der Waals surface area contributed by atoms with Gasteiger partial charge in [-0.3, -0.25) is 0 Å². The van der Waals surface area contributed by atoms with Crippen LogP contribution >= 0.6 is 0 Å². The molecule has 0 aliphatic carbocycles. The Labute approximate surface area is 111 Å². The summed E-state index contributed by atoms with van der Waals surface area (Å²) in [6.45, 7) is 3.98. The van der Waals surface area contributed by atoms with Crippen LogP contribution in [-0.2, 0) is 0 Å². The van der Waals surface area contributed by atoms with E-state index in [9.17, 15) is 4.79 Å². The van der Waals surface area contributed by atoms with Crippen LogP contribution in [0, 0.1) is 6.92 Å². The van der Waals surface area contributed by atoms with Crippen LogP contribution in [0.4, 0.5) is 5.82 Å². The number of hydrogen-bond donors (Lipinski definition) is 2. The van der Waals surface area contributed by atoms with Crippen LogP contribution in [0.3, 0.4) is 0 Å². The minimum absolute atomic E-state index is 0.0454. The maximum absolute atomic E-state index is 11.1. The van der Waals surface area contributed by atoms with Crippen molar-refractivity contribution in [2.75, 3.05) is 5.32 Å². The van der Waals surface area contributed by atoms with E-state index in [2.05, 4.69) is 15.5 Å². The van der Waals surface area contributed by atoms with Gasteiger partial charge < -0.3 is 10.4 Å². The molecule has 2 N–H and O–H groups in total. The second kappa shape index (κ2) is 5.48. The zero-order valence-electron chi connectivity index (χ0n) is 10.8. The van der Waals surface area contributed by atoms with Gasteiger partial charge in [0.15, 0.2) is 5.82 Å². The van der Waals surface area contributed by atoms with Crippen LogP contribution in [0.1, 0.15) is 34.5 Å². The topological polar surface area (TPSA) is 75.1 Å². The third kappa shape index (κ3) is 2.88. The Hall–Kier alpha value is -2.43. The van der Waals surface area contributed by atoms with Gasteiger partial charge in [0.2, 0.25) is 0 Å². The molecule has 0 saturated heterocycles. The van der Waals surface area contributed by atoms with E-state index < -0.39 is 5.97 Å². The number of carboxylic acids is 1. The molecule has 0 radical (unpaired) electrons. The minimum atomic E-state index is -1.02. The Morgan fingerprint density at radius 2 is 2.05 bits per heavy atom. The molecular formula is C14H15N3O2. The average Bonchev–Trinajstić information content (AvgIpc) is 2.39. The SMILES string of the molecule is Cc1ccccc1C(C)Nc1nnccc1C(=O)O. The lowest BCUT2D eigenvalue weighted by molar-refractivity contribution is 0.0697. The highest BCUT2D eigenvalue weighted by Crippen LogP contribution is 2.22. The summed E-state index contributed by atoms with van der Waals surface area (Å²) in [6, 6.07) is 9.33. The molecule has 19 heavy (non-hydrogen) atoms. The zero-order chi connectivity index (χ0) is 13.8. The molecule has 1 unspecified atom stereocenters. The molecule has 0 saturated carbocycles. The number of rotatable bonds is 4. The van der Waals surface area contributed by atoms with Gasteiger partial charge in [-0.2, -0.15) is 5.10 Å². The van der Waals surface area contributed by atoms with Gasteiger partial charge in [-0.15, -0.1) is 5.10 Å². The predicted molar refractivity (Wildman–Crippen MR) is 72.2 cm³/mol. The van der Waals surface area contributed by atoms with Crippen molar-refractivity contribution < 1.29 is 9.90 Å². The maximum atomic E-state index is 11.1. The standard InChI is InChI=1S/C14H15N3O2/c1-9-5-3-4-6-11(9)10(2)16-13-12(14(18)19)7-8-15-17-13/h3-8,10H,1-2H3,(H,16,17)(H,18,19). The van der Waals surface area contributed by atoms with Crippen molar-refractivity contribution in [2.45, 2.75) is 19.9 Å². The van der Waals surface area contributed by atoms with Crippen molar-refractivity contribution in [1.82, 2.24) is 10.2 Å². The number of anilines is 1. The minimum Gasteiger partial charge on any atom is -0.478 e. The van der Waals surface area contributed by atoms with Crippen LogP contribution in [0.25, 0.3) is 0 Å². The first-order chi connectivity index (χ1) is 9.09. The van der Waals surface area contributed by atoms with Gasteiger partial charge in [-0.05, 0) is 31.0 Å². The number of nitrogens with one attached hydrogen (secondary N) is 1. The highest BCUT2D eigenvalue weighted by Gasteiger charge is 2.15. The first-order valence-corrected chi connectivity index (χ1v) is 5.96. The molecule has 0 amide bonds. The van der Waals surface area contributed by atoms with Crippen molar-refractivity contribution in [1.29, 1.82) is 0 Å². The number of carbonyl (C=O) groups is 1. The average molecular weight is 257 g/mol. The van der Waals surface area contributed by atoms with E-state index in [1.807, 2.05) is 38.1 Å². The first-order valence-electron chi connectivity index (χ1n) is 5.96. The largest absolute Gasteiger partial charge is 0.478 e. The maximum Gasteiger partial charge on any atom is 0.339 e. The van der Waals surface area contributed by atoms with Gasteiger partial charge in [-0.25, -0.2) is 4.79 Å². The summed E-state index contributed by atoms with van der Waals surface area (Å²) in [5.74, 6) is -0.736. The number of hydrogen-bond acceptors (Lipinski definition) is 4. The second-order valence-electron chi connectivity index (χ2n) is 4.32. The Morgan fingerprint density at radius 1 is 1.32 bits per heavy atom. The Kier molecular flexibility index (Phi) is 3.75. The molecule has 5 heteroatoms. The third-order valence-corrected chi connectivity index (χ3v) is 2.96. The summed E-state index contributed by atoms with van der Waals surface area (Å²) in [5, 5.41) is 19.8. The van der Waals surface area contributed by atoms with Gasteiger partial charge in [0.05, 0.1) is 12.2 Å². The van der Waals surface area contributed by atoms with Crippen LogP contribution in [0.5, 0.6) is 0 Å². The third-order valence-electron chi connectivity index (χ3n) is 2.96. The van der Waals surface area contributed by atoms with Gasteiger partial charge in [0.1, 0.15) is 5.56 Å². The summed E-state index contributed by atoms with van der Waals surface area (Å²) in [4.78, 5) is 11.1. The van der Waals surface area contributed by atoms with Crippen LogP contribution in [0.15, 0.2) is 36.5 Å². The number of aryl methyl sites for hydroxylation is 1. The highest BCUT2D eigenvalue weighted by atomic mass is 16.4. The summed E-state index contributed by atoms with van der Waals surface area (Å²) in [6.07, 6.45) is 1.37. The normalized spacial score (nSPS) is 11.9. The number of carboxylic acid groups (broad SMARTS) is 1. The monoisotopic (exact) mass is 257 g/mol. The zero-order valence-corrected chi connectivity index (χ0v) is 10.8. The molecular weight excluding hydrogens is 242 g/mol. The Bertz CT molecular complexity index is 599. The quantitative estimate of drug-likeness (QED) is 0.880. The van der Waals surface area contributed by atoms with Crippen molar-refractivity contribution in [3.05, 3.63) is 53.2 Å². The fraction of sp³-hybridized carbons (Fsp3) is 0.214. The van der Waals surface area contributed by atoms with E-state index in [1.54, 1.807) is 0 Å². The van der Waals surface area contributed by atoms with E-state index in [1.165, 1.54) is 12.3 Å². The second-order valence-corrected chi connectivity index (χ2v) is 4.32. The van der Waals surface area contributed by atoms with Crippen LogP contribution in [-0.4, -0.2) is 21.3 Å². The molecule has 0 fully saturated rings. The van der Waals surface area contributed by atoms with Gasteiger partial charge in [0, 0.05) is 0 Å². The van der Waals surface area contributed by atoms with Crippen LogP contribution in [0.2, 0.25) is 0 Å². The first kappa shape index (κ1) is 13.0. The van der Waals surface area contributed by atoms with Crippen molar-refractivity contribution in [3.63, 3.8) is 0 Å². The molecule has 0 bridgehead atoms. The number of aromatic nitrogens is 2. The fourth-order valence-corrected chi connectivity index (χ4v) is 1.97. The molecule has 98 valence electrons. The van der Waals surface area contributed by atoms with E-state index in [-0.39, 0.29) is 17.4 Å². The van der Waals surface area contributed by atoms with E-state index in [0.29, 0.717) is 0 Å². The Morgan fingerprint density at radius 3 is 2.74 bits per heavy atom. The fourth-order valence-electron chi connectivity index (χ4n) is 1.97. The molecule has 0 aliphatic rings. The summed E-state index contributed by atoms with van der Waals surface area (Å²) < 4.78 is 0. The summed E-state index contributed by atoms with van der Waals surface area (Å²) in [7, 11) is 0. The number of benzene rings is 1. The molecule has 1 aromatic carbocycles. The number of aromatic carboxylic acids is 1. The molecule has 5 nitrogen and oxygen atoms in total. The lowest BCUT2D eigenvalue weighted by Gasteiger charge is -2.17. The van der Waals surface area contributed by atoms with E-state index in [0.717, 1.165) is 11.1 Å². The summed E-state index contributed by atoms with van der Waals surface area (Å²) >= 11 is 0. The van der Waals surface area contributed by atoms with Gasteiger partial charge in [0.25, 0.3) is 0 Å². The van der Waals surface area contributed by atoms with Crippen molar-refractivity contribution >= 4 is 11.8 Å². The van der Waals surface area contributed by atoms with E-state index in [4.69, 9.17) is 5.11 Å². The van der Waals surface area contributed by atoms with Crippen molar-refractivity contribution in [3.8, 4) is 0 Å². The van der Waals surface area contributed by atoms with E-state index >= 15 is 0 Å². The Balaban J connectivity index is 2.27. The van der Waals surface area contributed by atoms with Crippen molar-refractivity contribution in [2.24, 2.45) is 0 Å². The smallest absolute Gasteiger partial charge is 0.339 e. The molecule has 1 heterocycles. The lowest BCUT2D eigenvalue weighted by Crippen LogP contribution is -2.13. The molecule has 2 aromatic rings. The molecule has 1 aromatic heterocycles. The predicted octanol–water partition coefficient (Wildman–Crippen LogP) is 2.66.